The van der Waals surface area contributed by atoms with Crippen LogP contribution in [0.1, 0.15) is 29.6 Å². The second kappa shape index (κ2) is 6.09. The highest BCUT2D eigenvalue weighted by Gasteiger charge is 2.21. The van der Waals surface area contributed by atoms with Crippen molar-refractivity contribution >= 4 is 17.3 Å². The fourth-order valence-corrected chi connectivity index (χ4v) is 2.60. The van der Waals surface area contributed by atoms with Gasteiger partial charge in [0.2, 0.25) is 0 Å². The molecule has 1 heterocycles. The van der Waals surface area contributed by atoms with Crippen LogP contribution in [0.5, 0.6) is 0 Å². The molecule has 0 amide bonds. The molecule has 110 valence electrons. The first kappa shape index (κ1) is 14.6. The lowest BCUT2D eigenvalue weighted by Gasteiger charge is -2.32. The van der Waals surface area contributed by atoms with E-state index in [1.807, 2.05) is 0 Å². The first-order valence-corrected chi connectivity index (χ1v) is 6.76. The van der Waals surface area contributed by atoms with Crippen molar-refractivity contribution < 1.29 is 14.3 Å². The fourth-order valence-electron chi connectivity index (χ4n) is 2.60. The number of piperidine rings is 1. The Morgan fingerprint density at radius 1 is 1.55 bits per heavy atom. The lowest BCUT2D eigenvalue weighted by atomic mass is 10.0. The number of hydrogen-bond acceptors (Lipinski definition) is 4. The molecule has 20 heavy (non-hydrogen) atoms. The SMILES string of the molecule is CN1CCCCC1CNc1ccc(F)c(N)c1C(=O)O. The van der Waals surface area contributed by atoms with E-state index in [1.165, 1.54) is 25.0 Å². The van der Waals surface area contributed by atoms with E-state index in [4.69, 9.17) is 10.8 Å². The Hall–Kier alpha value is -1.82. The molecule has 1 aromatic carbocycles. The van der Waals surface area contributed by atoms with Crippen molar-refractivity contribution in [1.29, 1.82) is 0 Å². The van der Waals surface area contributed by atoms with Gasteiger partial charge in [-0.1, -0.05) is 6.42 Å². The summed E-state index contributed by atoms with van der Waals surface area (Å²) in [6.45, 7) is 1.67. The molecule has 1 atom stereocenters. The highest BCUT2D eigenvalue weighted by atomic mass is 19.1. The largest absolute Gasteiger partial charge is 0.478 e. The van der Waals surface area contributed by atoms with Crippen LogP contribution in [0.2, 0.25) is 0 Å². The quantitative estimate of drug-likeness (QED) is 0.736. The molecule has 1 fully saturated rings. The minimum Gasteiger partial charge on any atom is -0.478 e. The number of rotatable bonds is 4. The maximum absolute atomic E-state index is 13.4. The van der Waals surface area contributed by atoms with Gasteiger partial charge in [-0.05, 0) is 38.6 Å². The summed E-state index contributed by atoms with van der Waals surface area (Å²) in [4.78, 5) is 13.5. The number of benzene rings is 1. The van der Waals surface area contributed by atoms with E-state index >= 15 is 0 Å². The summed E-state index contributed by atoms with van der Waals surface area (Å²) in [5.74, 6) is -1.93. The monoisotopic (exact) mass is 281 g/mol. The third-order valence-electron chi connectivity index (χ3n) is 3.86. The first-order chi connectivity index (χ1) is 9.50. The van der Waals surface area contributed by atoms with Crippen LogP contribution in [-0.2, 0) is 0 Å². The van der Waals surface area contributed by atoms with Crippen LogP contribution in [0.3, 0.4) is 0 Å². The van der Waals surface area contributed by atoms with Crippen LogP contribution in [0, 0.1) is 5.82 Å². The highest BCUT2D eigenvalue weighted by molar-refractivity contribution is 6.00. The fraction of sp³-hybridized carbons (Fsp3) is 0.500. The minimum absolute atomic E-state index is 0.191. The van der Waals surface area contributed by atoms with Gasteiger partial charge in [-0.25, -0.2) is 9.18 Å². The van der Waals surface area contributed by atoms with Crippen LogP contribution in [-0.4, -0.2) is 42.2 Å². The maximum Gasteiger partial charge on any atom is 0.340 e. The molecule has 0 aliphatic carbocycles. The lowest BCUT2D eigenvalue weighted by molar-refractivity contribution is 0.0698. The lowest BCUT2D eigenvalue weighted by Crippen LogP contribution is -2.40. The second-order valence-corrected chi connectivity index (χ2v) is 5.20. The number of nitrogens with one attached hydrogen (secondary N) is 1. The summed E-state index contributed by atoms with van der Waals surface area (Å²) in [7, 11) is 2.06. The number of anilines is 2. The Bertz CT molecular complexity index is 507. The molecule has 1 aliphatic rings. The Labute approximate surface area is 117 Å². The molecule has 0 spiro atoms. The molecule has 0 bridgehead atoms. The van der Waals surface area contributed by atoms with E-state index in [9.17, 15) is 9.18 Å². The molecule has 4 N–H and O–H groups in total. The van der Waals surface area contributed by atoms with Crippen LogP contribution in [0.4, 0.5) is 15.8 Å². The highest BCUT2D eigenvalue weighted by Crippen LogP contribution is 2.26. The number of carboxylic acids is 1. The molecule has 5 nitrogen and oxygen atoms in total. The van der Waals surface area contributed by atoms with Crippen molar-refractivity contribution in [1.82, 2.24) is 4.90 Å². The molecular weight excluding hydrogens is 261 g/mol. The van der Waals surface area contributed by atoms with Gasteiger partial charge in [0.1, 0.15) is 11.4 Å². The average Bonchev–Trinajstić information content (AvgIpc) is 2.41. The normalized spacial score (nSPS) is 19.8. The zero-order valence-electron chi connectivity index (χ0n) is 11.5. The average molecular weight is 281 g/mol. The number of carboxylic acid groups (broad SMARTS) is 1. The number of carbonyl (C=O) groups is 1. The van der Waals surface area contributed by atoms with Gasteiger partial charge >= 0.3 is 5.97 Å². The number of likely N-dealkylation sites (tertiary alicyclic amines) is 1. The van der Waals surface area contributed by atoms with Gasteiger partial charge in [-0.15, -0.1) is 0 Å². The van der Waals surface area contributed by atoms with Crippen molar-refractivity contribution in [2.45, 2.75) is 25.3 Å². The van der Waals surface area contributed by atoms with E-state index in [0.717, 1.165) is 13.0 Å². The maximum atomic E-state index is 13.4. The predicted octanol–water partition coefficient (Wildman–Crippen LogP) is 2.00. The summed E-state index contributed by atoms with van der Waals surface area (Å²) in [5, 5.41) is 12.3. The van der Waals surface area contributed by atoms with Gasteiger partial charge < -0.3 is 21.1 Å². The van der Waals surface area contributed by atoms with E-state index in [2.05, 4.69) is 17.3 Å². The van der Waals surface area contributed by atoms with Gasteiger partial charge in [-0.3, -0.25) is 0 Å². The van der Waals surface area contributed by atoms with Gasteiger partial charge in [-0.2, -0.15) is 0 Å². The van der Waals surface area contributed by atoms with E-state index in [-0.39, 0.29) is 11.3 Å². The number of nitrogens with two attached hydrogens (primary N) is 1. The Morgan fingerprint density at radius 2 is 2.30 bits per heavy atom. The summed E-state index contributed by atoms with van der Waals surface area (Å²) >= 11 is 0. The van der Waals surface area contributed by atoms with Crippen LogP contribution in [0.25, 0.3) is 0 Å². The summed E-state index contributed by atoms with van der Waals surface area (Å²) < 4.78 is 13.4. The third-order valence-corrected chi connectivity index (χ3v) is 3.86. The topological polar surface area (TPSA) is 78.6 Å². The minimum atomic E-state index is -1.22. The van der Waals surface area contributed by atoms with Gasteiger partial charge in [0.25, 0.3) is 0 Å². The molecule has 1 saturated heterocycles. The predicted molar refractivity (Wildman–Crippen MR) is 76.5 cm³/mol. The number of likely N-dealkylation sites (N-methyl/N-ethyl adjacent to an activating group) is 1. The summed E-state index contributed by atoms with van der Waals surface area (Å²) in [5.41, 5.74) is 5.37. The van der Waals surface area contributed by atoms with Gasteiger partial charge in [0.05, 0.1) is 11.4 Å². The summed E-state index contributed by atoms with van der Waals surface area (Å²) in [6.07, 6.45) is 3.44. The van der Waals surface area contributed by atoms with Crippen molar-refractivity contribution in [3.8, 4) is 0 Å². The van der Waals surface area contributed by atoms with Crippen molar-refractivity contribution in [2.24, 2.45) is 0 Å². The number of nitrogen functional groups attached to an aromatic ring is 1. The Morgan fingerprint density at radius 3 is 2.95 bits per heavy atom. The molecule has 1 aromatic rings. The number of nitrogens with zero attached hydrogens (tertiary/aromatic N) is 1. The molecule has 0 radical (unpaired) electrons. The molecule has 2 rings (SSSR count). The molecular formula is C14H20FN3O2. The van der Waals surface area contributed by atoms with E-state index in [1.54, 1.807) is 0 Å². The Kier molecular flexibility index (Phi) is 4.44. The zero-order chi connectivity index (χ0) is 14.7. The van der Waals surface area contributed by atoms with Crippen molar-refractivity contribution in [2.75, 3.05) is 31.2 Å². The van der Waals surface area contributed by atoms with E-state index < -0.39 is 11.8 Å². The smallest absolute Gasteiger partial charge is 0.340 e. The molecule has 6 heteroatoms. The number of hydrogen-bond donors (Lipinski definition) is 3. The second-order valence-electron chi connectivity index (χ2n) is 5.20. The molecule has 1 unspecified atom stereocenters. The molecule has 0 aromatic heterocycles. The van der Waals surface area contributed by atoms with Crippen molar-refractivity contribution in [3.63, 3.8) is 0 Å². The molecule has 1 aliphatic heterocycles. The van der Waals surface area contributed by atoms with Gasteiger partial charge in [0.15, 0.2) is 0 Å². The van der Waals surface area contributed by atoms with Gasteiger partial charge in [0, 0.05) is 12.6 Å². The van der Waals surface area contributed by atoms with Crippen LogP contribution in [0.15, 0.2) is 12.1 Å². The molecule has 0 saturated carbocycles. The zero-order valence-corrected chi connectivity index (χ0v) is 11.5. The first-order valence-electron chi connectivity index (χ1n) is 6.76. The van der Waals surface area contributed by atoms with Crippen LogP contribution < -0.4 is 11.1 Å². The third kappa shape index (κ3) is 3.01. The van der Waals surface area contributed by atoms with Crippen LogP contribution >= 0.6 is 0 Å². The standard InChI is InChI=1S/C14H20FN3O2/c1-18-7-3-2-4-9(18)8-17-11-6-5-10(15)13(16)12(11)14(19)20/h5-6,9,17H,2-4,7-8,16H2,1H3,(H,19,20). The number of aromatic carboxylic acids is 1. The van der Waals surface area contributed by atoms with Crippen molar-refractivity contribution in [3.05, 3.63) is 23.5 Å². The van der Waals surface area contributed by atoms with E-state index in [0.29, 0.717) is 18.3 Å². The Balaban J connectivity index is 2.13. The number of halogens is 1. The summed E-state index contributed by atoms with van der Waals surface area (Å²) in [6, 6.07) is 2.98.